The fourth-order valence-corrected chi connectivity index (χ4v) is 2.48. The first-order valence-corrected chi connectivity index (χ1v) is 6.35. The number of aromatic amines is 1. The van der Waals surface area contributed by atoms with E-state index in [1.165, 1.54) is 27.4 Å². The van der Waals surface area contributed by atoms with Gasteiger partial charge in [-0.1, -0.05) is 17.7 Å². The maximum Gasteiger partial charge on any atom is 0.0897 e. The molecule has 0 atom stereocenters. The quantitative estimate of drug-likeness (QED) is 0.693. The average Bonchev–Trinajstić information content (AvgIpc) is 2.74. The minimum Gasteiger partial charge on any atom is -0.355 e. The van der Waals surface area contributed by atoms with Crippen molar-refractivity contribution in [3.05, 3.63) is 47.5 Å². The van der Waals surface area contributed by atoms with Crippen molar-refractivity contribution in [3.63, 3.8) is 0 Å². The third-order valence-electron chi connectivity index (χ3n) is 3.42. The van der Waals surface area contributed by atoms with E-state index in [-0.39, 0.29) is 6.67 Å². The molecule has 0 unspecified atom stereocenters. The molecule has 2 aromatic carbocycles. The number of H-pyrrole nitrogens is 1. The molecule has 1 nitrogen and oxygen atoms in total. The number of alkyl halides is 1. The first-order valence-electron chi connectivity index (χ1n) is 6.35. The lowest BCUT2D eigenvalue weighted by atomic mass is 10.1. The number of hydrogen-bond acceptors (Lipinski definition) is 0. The van der Waals surface area contributed by atoms with Gasteiger partial charge in [-0.3, -0.25) is 4.39 Å². The Morgan fingerprint density at radius 3 is 2.50 bits per heavy atom. The van der Waals surface area contributed by atoms with Crippen LogP contribution in [0.4, 0.5) is 4.39 Å². The van der Waals surface area contributed by atoms with Crippen LogP contribution in [0, 0.1) is 6.92 Å². The van der Waals surface area contributed by atoms with Gasteiger partial charge < -0.3 is 4.98 Å². The molecule has 0 aliphatic rings. The third-order valence-corrected chi connectivity index (χ3v) is 3.42. The van der Waals surface area contributed by atoms with Crippen LogP contribution in [0.2, 0.25) is 0 Å². The zero-order valence-corrected chi connectivity index (χ0v) is 10.5. The number of aromatic nitrogens is 1. The summed E-state index contributed by atoms with van der Waals surface area (Å²) in [6.07, 6.45) is 1.41. The molecule has 0 spiro atoms. The van der Waals surface area contributed by atoms with Crippen molar-refractivity contribution >= 4 is 21.8 Å². The maximum atomic E-state index is 12.2. The Morgan fingerprint density at radius 1 is 1.00 bits per heavy atom. The Labute approximate surface area is 106 Å². The van der Waals surface area contributed by atoms with Crippen LogP contribution in [-0.2, 0) is 6.42 Å². The second kappa shape index (κ2) is 4.45. The van der Waals surface area contributed by atoms with Crippen molar-refractivity contribution < 1.29 is 4.39 Å². The summed E-state index contributed by atoms with van der Waals surface area (Å²) in [7, 11) is 0. The monoisotopic (exact) mass is 241 g/mol. The first kappa shape index (κ1) is 11.3. The van der Waals surface area contributed by atoms with Gasteiger partial charge in [-0.15, -0.1) is 0 Å². The van der Waals surface area contributed by atoms with E-state index in [0.717, 1.165) is 11.9 Å². The van der Waals surface area contributed by atoms with Gasteiger partial charge in [0.2, 0.25) is 0 Å². The molecule has 1 heterocycles. The van der Waals surface area contributed by atoms with Crippen LogP contribution in [0.15, 0.2) is 36.4 Å². The number of benzene rings is 2. The largest absolute Gasteiger partial charge is 0.355 e. The zero-order chi connectivity index (χ0) is 12.5. The van der Waals surface area contributed by atoms with E-state index in [1.807, 2.05) is 0 Å². The summed E-state index contributed by atoms with van der Waals surface area (Å²) in [4.78, 5) is 3.41. The van der Waals surface area contributed by atoms with Gasteiger partial charge >= 0.3 is 0 Å². The van der Waals surface area contributed by atoms with Crippen LogP contribution >= 0.6 is 0 Å². The van der Waals surface area contributed by atoms with Gasteiger partial charge in [-0.25, -0.2) is 0 Å². The van der Waals surface area contributed by atoms with Crippen LogP contribution in [0.3, 0.4) is 0 Å². The number of rotatable bonds is 3. The van der Waals surface area contributed by atoms with E-state index in [2.05, 4.69) is 48.3 Å². The number of aryl methyl sites for hydroxylation is 2. The molecule has 0 radical (unpaired) electrons. The molecule has 0 bridgehead atoms. The highest BCUT2D eigenvalue weighted by Crippen LogP contribution is 2.27. The van der Waals surface area contributed by atoms with E-state index in [9.17, 15) is 4.39 Å². The highest BCUT2D eigenvalue weighted by Gasteiger charge is 2.05. The molecule has 0 fully saturated rings. The van der Waals surface area contributed by atoms with E-state index < -0.39 is 0 Å². The molecule has 3 rings (SSSR count). The summed E-state index contributed by atoms with van der Waals surface area (Å²) in [5, 5.41) is 2.50. The molecule has 18 heavy (non-hydrogen) atoms. The smallest absolute Gasteiger partial charge is 0.0897 e. The molecule has 0 amide bonds. The van der Waals surface area contributed by atoms with Crippen LogP contribution in [0.25, 0.3) is 21.8 Å². The molecule has 0 saturated carbocycles. The number of fused-ring (bicyclic) bond motifs is 3. The predicted octanol–water partition coefficient (Wildman–Crippen LogP) is 4.53. The average molecular weight is 241 g/mol. The van der Waals surface area contributed by atoms with Crippen molar-refractivity contribution in [2.24, 2.45) is 0 Å². The molecule has 1 N–H and O–H groups in total. The Bertz CT molecular complexity index is 697. The third kappa shape index (κ3) is 1.88. The highest BCUT2D eigenvalue weighted by atomic mass is 19.1. The zero-order valence-electron chi connectivity index (χ0n) is 10.5. The van der Waals surface area contributed by atoms with E-state index in [0.29, 0.717) is 6.42 Å². The summed E-state index contributed by atoms with van der Waals surface area (Å²) in [5.74, 6) is 0. The lowest BCUT2D eigenvalue weighted by Gasteiger charge is -1.99. The summed E-state index contributed by atoms with van der Waals surface area (Å²) < 4.78 is 12.2. The molecule has 1 aromatic heterocycles. The van der Waals surface area contributed by atoms with Crippen LogP contribution in [0.5, 0.6) is 0 Å². The summed E-state index contributed by atoms with van der Waals surface area (Å²) in [6, 6.07) is 12.8. The number of halogens is 1. The lowest BCUT2D eigenvalue weighted by Crippen LogP contribution is -1.86. The summed E-state index contributed by atoms with van der Waals surface area (Å²) in [6.45, 7) is 1.86. The normalized spacial score (nSPS) is 11.4. The van der Waals surface area contributed by atoms with Crippen molar-refractivity contribution in [2.75, 3.05) is 6.67 Å². The molecular weight excluding hydrogens is 225 g/mol. The minimum absolute atomic E-state index is 0.245. The molecule has 0 aliphatic heterocycles. The maximum absolute atomic E-state index is 12.2. The molecular formula is C16H16FN. The van der Waals surface area contributed by atoms with Gasteiger partial charge in [-0.05, 0) is 49.6 Å². The van der Waals surface area contributed by atoms with Gasteiger partial charge in [0, 0.05) is 21.8 Å². The highest BCUT2D eigenvalue weighted by molar-refractivity contribution is 6.07. The fourth-order valence-electron chi connectivity index (χ4n) is 2.48. The minimum atomic E-state index is -0.245. The van der Waals surface area contributed by atoms with Crippen LogP contribution in [-0.4, -0.2) is 11.7 Å². The Hall–Kier alpha value is -1.83. The van der Waals surface area contributed by atoms with E-state index >= 15 is 0 Å². The summed E-state index contributed by atoms with van der Waals surface area (Å²) in [5.41, 5.74) is 4.79. The van der Waals surface area contributed by atoms with Crippen molar-refractivity contribution in [1.82, 2.24) is 4.98 Å². The van der Waals surface area contributed by atoms with E-state index in [1.54, 1.807) is 0 Å². The Kier molecular flexibility index (Phi) is 2.78. The van der Waals surface area contributed by atoms with Crippen LogP contribution < -0.4 is 0 Å². The van der Waals surface area contributed by atoms with Crippen molar-refractivity contribution in [1.29, 1.82) is 0 Å². The topological polar surface area (TPSA) is 15.8 Å². The van der Waals surface area contributed by atoms with Gasteiger partial charge in [0.15, 0.2) is 0 Å². The first-order chi connectivity index (χ1) is 8.78. The Balaban J connectivity index is 2.18. The number of nitrogens with one attached hydrogen (secondary N) is 1. The standard InChI is InChI=1S/C16H16FN/c1-11-4-6-15-13(9-11)14-10-12(3-2-8-17)5-7-16(14)18-15/h4-7,9-10,18H,2-3,8H2,1H3. The van der Waals surface area contributed by atoms with Gasteiger partial charge in [0.1, 0.15) is 0 Å². The van der Waals surface area contributed by atoms with Gasteiger partial charge in [0.25, 0.3) is 0 Å². The van der Waals surface area contributed by atoms with Crippen molar-refractivity contribution in [2.45, 2.75) is 19.8 Å². The predicted molar refractivity (Wildman–Crippen MR) is 74.8 cm³/mol. The second-order valence-corrected chi connectivity index (χ2v) is 4.85. The molecule has 0 aliphatic carbocycles. The number of hydrogen-bond donors (Lipinski definition) is 1. The molecule has 3 aromatic rings. The van der Waals surface area contributed by atoms with Crippen molar-refractivity contribution in [3.8, 4) is 0 Å². The van der Waals surface area contributed by atoms with Crippen LogP contribution in [0.1, 0.15) is 17.5 Å². The Morgan fingerprint density at radius 2 is 1.72 bits per heavy atom. The summed E-state index contributed by atoms with van der Waals surface area (Å²) >= 11 is 0. The van der Waals surface area contributed by atoms with Gasteiger partial charge in [0.05, 0.1) is 6.67 Å². The molecule has 92 valence electrons. The fraction of sp³-hybridized carbons (Fsp3) is 0.250. The SMILES string of the molecule is Cc1ccc2[nH]c3ccc(CCCF)cc3c2c1. The second-order valence-electron chi connectivity index (χ2n) is 4.85. The lowest BCUT2D eigenvalue weighted by molar-refractivity contribution is 0.473. The molecule has 0 saturated heterocycles. The molecule has 2 heteroatoms. The van der Waals surface area contributed by atoms with Gasteiger partial charge in [-0.2, -0.15) is 0 Å². The van der Waals surface area contributed by atoms with E-state index in [4.69, 9.17) is 0 Å².